The molecule has 0 spiro atoms. The Balaban J connectivity index is 2.54. The molecule has 0 saturated carbocycles. The molecule has 0 aliphatic rings. The predicted molar refractivity (Wildman–Crippen MR) is 105 cm³/mol. The Morgan fingerprint density at radius 3 is 2.41 bits per heavy atom. The van der Waals surface area contributed by atoms with E-state index in [-0.39, 0.29) is 24.4 Å². The Labute approximate surface area is 162 Å². The number of esters is 1. The number of unbranched alkanes of at least 4 members (excludes halogenated alkanes) is 1. The quantitative estimate of drug-likeness (QED) is 0.389. The van der Waals surface area contributed by atoms with Gasteiger partial charge in [0.2, 0.25) is 0 Å². The van der Waals surface area contributed by atoms with Crippen molar-refractivity contribution in [1.29, 1.82) is 0 Å². The lowest BCUT2D eigenvalue weighted by Gasteiger charge is -2.25. The zero-order valence-corrected chi connectivity index (χ0v) is 17.0. The minimum atomic E-state index is -0.390. The van der Waals surface area contributed by atoms with Gasteiger partial charge in [-0.25, -0.2) is 0 Å². The molecule has 1 atom stereocenters. The molecular weight excluding hydrogens is 346 g/mol. The summed E-state index contributed by atoms with van der Waals surface area (Å²) in [4.78, 5) is 26.0. The summed E-state index contributed by atoms with van der Waals surface area (Å²) >= 11 is 0. The van der Waals surface area contributed by atoms with Crippen LogP contribution in [0, 0.1) is 12.8 Å². The maximum atomic E-state index is 12.6. The summed E-state index contributed by atoms with van der Waals surface area (Å²) in [6.07, 6.45) is 2.85. The number of amides is 1. The van der Waals surface area contributed by atoms with Gasteiger partial charge in [0, 0.05) is 26.3 Å². The van der Waals surface area contributed by atoms with Gasteiger partial charge in [0.25, 0.3) is 5.91 Å². The Kier molecular flexibility index (Phi) is 11.2. The van der Waals surface area contributed by atoms with E-state index in [0.717, 1.165) is 25.0 Å². The Bertz CT molecular complexity index is 558. The molecule has 0 aliphatic carbocycles. The molecule has 1 aromatic rings. The van der Waals surface area contributed by atoms with Crippen LogP contribution in [0.1, 0.15) is 38.7 Å². The zero-order valence-electron chi connectivity index (χ0n) is 17.0. The molecule has 0 fully saturated rings. The van der Waals surface area contributed by atoms with Crippen molar-refractivity contribution in [2.24, 2.45) is 5.92 Å². The number of methoxy groups -OCH3 is 1. The second-order valence-electron chi connectivity index (χ2n) is 6.69. The van der Waals surface area contributed by atoms with Gasteiger partial charge in [0.1, 0.15) is 5.75 Å². The van der Waals surface area contributed by atoms with Gasteiger partial charge < -0.3 is 19.1 Å². The number of carbonyl (C=O) groups excluding carboxylic acids is 2. The fourth-order valence-electron chi connectivity index (χ4n) is 2.50. The number of carbonyl (C=O) groups is 2. The molecule has 0 aromatic heterocycles. The molecule has 6 heteroatoms. The molecule has 152 valence electrons. The summed E-state index contributed by atoms with van der Waals surface area (Å²) in [5, 5.41) is 0. The Hall–Kier alpha value is -2.08. The third kappa shape index (κ3) is 9.43. The summed E-state index contributed by atoms with van der Waals surface area (Å²) in [5.74, 6) is -0.219. The van der Waals surface area contributed by atoms with Gasteiger partial charge in [-0.05, 0) is 31.9 Å². The maximum absolute atomic E-state index is 12.6. The highest BCUT2D eigenvalue weighted by Gasteiger charge is 2.21. The lowest BCUT2D eigenvalue weighted by molar-refractivity contribution is -0.146. The van der Waals surface area contributed by atoms with E-state index in [9.17, 15) is 9.59 Å². The average molecular weight is 379 g/mol. The summed E-state index contributed by atoms with van der Waals surface area (Å²) in [6, 6.07) is 7.55. The summed E-state index contributed by atoms with van der Waals surface area (Å²) in [6.45, 7) is 7.95. The molecule has 0 radical (unpaired) electrons. The van der Waals surface area contributed by atoms with Gasteiger partial charge in [0.15, 0.2) is 6.61 Å². The second-order valence-corrected chi connectivity index (χ2v) is 6.69. The highest BCUT2D eigenvalue weighted by molar-refractivity contribution is 5.79. The van der Waals surface area contributed by atoms with Gasteiger partial charge >= 0.3 is 5.97 Å². The lowest BCUT2D eigenvalue weighted by atomic mass is 10.1. The van der Waals surface area contributed by atoms with Crippen molar-refractivity contribution in [1.82, 2.24) is 4.90 Å². The van der Waals surface area contributed by atoms with Crippen LogP contribution in [0.5, 0.6) is 5.75 Å². The molecule has 1 rings (SSSR count). The molecule has 27 heavy (non-hydrogen) atoms. The minimum absolute atomic E-state index is 0.0619. The Morgan fingerprint density at radius 2 is 1.78 bits per heavy atom. The monoisotopic (exact) mass is 379 g/mol. The van der Waals surface area contributed by atoms with Crippen LogP contribution < -0.4 is 4.74 Å². The van der Waals surface area contributed by atoms with Crippen molar-refractivity contribution in [3.63, 3.8) is 0 Å². The van der Waals surface area contributed by atoms with E-state index in [4.69, 9.17) is 14.2 Å². The van der Waals surface area contributed by atoms with Crippen LogP contribution in [0.25, 0.3) is 0 Å². The van der Waals surface area contributed by atoms with Crippen LogP contribution >= 0.6 is 0 Å². The van der Waals surface area contributed by atoms with Crippen molar-refractivity contribution < 1.29 is 23.8 Å². The third-order valence-electron chi connectivity index (χ3n) is 4.19. The molecule has 0 N–H and O–H groups in total. The topological polar surface area (TPSA) is 65.1 Å². The van der Waals surface area contributed by atoms with Gasteiger partial charge in [0.05, 0.1) is 13.0 Å². The number of ether oxygens (including phenoxy) is 3. The van der Waals surface area contributed by atoms with Crippen molar-refractivity contribution >= 4 is 11.9 Å². The van der Waals surface area contributed by atoms with Crippen LogP contribution in [-0.2, 0) is 19.1 Å². The fraction of sp³-hybridized carbons (Fsp3) is 0.619. The first-order chi connectivity index (χ1) is 13.0. The predicted octanol–water partition coefficient (Wildman–Crippen LogP) is 3.22. The molecule has 1 unspecified atom stereocenters. The molecular formula is C21H33NO5. The first-order valence-corrected chi connectivity index (χ1v) is 9.60. The van der Waals surface area contributed by atoms with E-state index >= 15 is 0 Å². The number of hydrogen-bond acceptors (Lipinski definition) is 5. The van der Waals surface area contributed by atoms with E-state index in [2.05, 4.69) is 6.92 Å². The zero-order chi connectivity index (χ0) is 20.1. The van der Waals surface area contributed by atoms with Crippen LogP contribution in [0.2, 0.25) is 0 Å². The van der Waals surface area contributed by atoms with Crippen molar-refractivity contribution in [3.05, 3.63) is 29.8 Å². The number of hydrogen-bond donors (Lipinski definition) is 0. The molecule has 1 amide bonds. The highest BCUT2D eigenvalue weighted by Crippen LogP contribution is 2.12. The SMILES string of the molecule is CCCCOCCCN(CC(C)C(=O)OC)C(=O)COc1ccc(C)cc1. The largest absolute Gasteiger partial charge is 0.484 e. The van der Waals surface area contributed by atoms with E-state index in [1.807, 2.05) is 31.2 Å². The van der Waals surface area contributed by atoms with Gasteiger partial charge in [-0.3, -0.25) is 9.59 Å². The molecule has 0 saturated heterocycles. The third-order valence-corrected chi connectivity index (χ3v) is 4.19. The number of benzene rings is 1. The van der Waals surface area contributed by atoms with E-state index in [0.29, 0.717) is 31.9 Å². The van der Waals surface area contributed by atoms with Crippen molar-refractivity contribution in [3.8, 4) is 5.75 Å². The van der Waals surface area contributed by atoms with E-state index in [1.54, 1.807) is 11.8 Å². The van der Waals surface area contributed by atoms with Crippen LogP contribution in [0.3, 0.4) is 0 Å². The molecule has 0 aliphatic heterocycles. The minimum Gasteiger partial charge on any atom is -0.484 e. The van der Waals surface area contributed by atoms with Gasteiger partial charge in [-0.15, -0.1) is 0 Å². The van der Waals surface area contributed by atoms with E-state index in [1.165, 1.54) is 7.11 Å². The van der Waals surface area contributed by atoms with Crippen molar-refractivity contribution in [2.75, 3.05) is 40.0 Å². The maximum Gasteiger partial charge on any atom is 0.310 e. The first-order valence-electron chi connectivity index (χ1n) is 9.60. The normalized spacial score (nSPS) is 11.7. The van der Waals surface area contributed by atoms with Crippen molar-refractivity contribution in [2.45, 2.75) is 40.0 Å². The van der Waals surface area contributed by atoms with Crippen LogP contribution in [0.15, 0.2) is 24.3 Å². The van der Waals surface area contributed by atoms with Gasteiger partial charge in [-0.1, -0.05) is 38.0 Å². The standard InChI is InChI=1S/C21H33NO5/c1-5-6-13-26-14-7-12-22(15-18(3)21(24)25-4)20(23)16-27-19-10-8-17(2)9-11-19/h8-11,18H,5-7,12-16H2,1-4H3. The van der Waals surface area contributed by atoms with E-state index < -0.39 is 0 Å². The Morgan fingerprint density at radius 1 is 1.11 bits per heavy atom. The van der Waals surface area contributed by atoms with Crippen LogP contribution in [-0.4, -0.2) is 56.8 Å². The molecule has 6 nitrogen and oxygen atoms in total. The molecule has 1 aromatic carbocycles. The molecule has 0 heterocycles. The summed E-state index contributed by atoms with van der Waals surface area (Å²) in [5.41, 5.74) is 1.13. The number of aryl methyl sites for hydroxylation is 1. The summed E-state index contributed by atoms with van der Waals surface area (Å²) in [7, 11) is 1.35. The highest BCUT2D eigenvalue weighted by atomic mass is 16.5. The molecule has 0 bridgehead atoms. The second kappa shape index (κ2) is 13.1. The van der Waals surface area contributed by atoms with Crippen LogP contribution in [0.4, 0.5) is 0 Å². The summed E-state index contributed by atoms with van der Waals surface area (Å²) < 4.78 is 15.9. The number of rotatable bonds is 13. The van der Waals surface area contributed by atoms with Gasteiger partial charge in [-0.2, -0.15) is 0 Å². The first kappa shape index (κ1) is 23.0. The smallest absolute Gasteiger partial charge is 0.310 e. The lowest BCUT2D eigenvalue weighted by Crippen LogP contribution is -2.40. The fourth-order valence-corrected chi connectivity index (χ4v) is 2.50. The number of nitrogens with zero attached hydrogens (tertiary/aromatic N) is 1. The average Bonchev–Trinajstić information content (AvgIpc) is 2.68.